The Hall–Kier alpha value is -1.55. The Morgan fingerprint density at radius 2 is 1.77 bits per heavy atom. The summed E-state index contributed by atoms with van der Waals surface area (Å²) in [5.41, 5.74) is 5.65. The molecule has 1 aromatic carbocycles. The fraction of sp³-hybridized carbons (Fsp3) is 0.562. The molecule has 2 heterocycles. The highest BCUT2D eigenvalue weighted by molar-refractivity contribution is 7.89. The molecule has 0 spiro atoms. The Bertz CT molecular complexity index is 748. The number of piperazine rings is 1. The van der Waals surface area contributed by atoms with E-state index in [1.54, 1.807) is 17.9 Å². The highest BCUT2D eigenvalue weighted by atomic mass is 35.5. The number of hydrogen-bond donors (Lipinski definition) is 1. The lowest BCUT2D eigenvalue weighted by Crippen LogP contribution is -2.51. The molecule has 26 heavy (non-hydrogen) atoms. The Morgan fingerprint density at radius 1 is 1.15 bits per heavy atom. The van der Waals surface area contributed by atoms with E-state index in [0.717, 1.165) is 0 Å². The topological polar surface area (TPSA) is 102 Å². The van der Waals surface area contributed by atoms with Gasteiger partial charge in [0, 0.05) is 44.7 Å². The van der Waals surface area contributed by atoms with Gasteiger partial charge >= 0.3 is 0 Å². The molecule has 146 valence electrons. The standard InChI is InChI=1S/C16H23N3O5S.ClH/c1-12(17)10-16(20)18-4-6-19(7-5-18)25(21,22)13-2-3-14-15(11-13)24-9-8-23-14;/h2-3,11-12H,4-10,17H2,1H3;1H. The molecule has 2 aliphatic heterocycles. The van der Waals surface area contributed by atoms with E-state index in [1.165, 1.54) is 16.4 Å². The van der Waals surface area contributed by atoms with Gasteiger partial charge < -0.3 is 20.1 Å². The molecule has 3 rings (SSSR count). The van der Waals surface area contributed by atoms with E-state index in [1.807, 2.05) is 0 Å². The number of carbonyl (C=O) groups excluding carboxylic acids is 1. The van der Waals surface area contributed by atoms with E-state index in [9.17, 15) is 13.2 Å². The number of nitrogens with zero attached hydrogens (tertiary/aromatic N) is 2. The van der Waals surface area contributed by atoms with Crippen LogP contribution in [-0.4, -0.2) is 69.0 Å². The normalized spacial score (nSPS) is 18.8. The average Bonchev–Trinajstić information content (AvgIpc) is 2.61. The minimum Gasteiger partial charge on any atom is -0.486 e. The molecule has 0 bridgehead atoms. The van der Waals surface area contributed by atoms with Crippen molar-refractivity contribution in [2.24, 2.45) is 5.73 Å². The smallest absolute Gasteiger partial charge is 0.243 e. The summed E-state index contributed by atoms with van der Waals surface area (Å²) < 4.78 is 37.9. The Labute approximate surface area is 159 Å². The van der Waals surface area contributed by atoms with Crippen LogP contribution in [0.5, 0.6) is 11.5 Å². The molecule has 0 aliphatic carbocycles. The van der Waals surface area contributed by atoms with E-state index in [2.05, 4.69) is 0 Å². The number of carbonyl (C=O) groups is 1. The molecular weight excluding hydrogens is 382 g/mol. The first-order valence-electron chi connectivity index (χ1n) is 8.31. The molecule has 1 atom stereocenters. The van der Waals surface area contributed by atoms with E-state index in [0.29, 0.717) is 37.8 Å². The summed E-state index contributed by atoms with van der Waals surface area (Å²) in [6, 6.07) is 4.43. The lowest BCUT2D eigenvalue weighted by Gasteiger charge is -2.34. The molecule has 8 nitrogen and oxygen atoms in total. The second-order valence-corrected chi connectivity index (χ2v) is 8.21. The summed E-state index contributed by atoms with van der Waals surface area (Å²) >= 11 is 0. The molecule has 1 aromatic rings. The number of halogens is 1. The van der Waals surface area contributed by atoms with E-state index in [4.69, 9.17) is 15.2 Å². The van der Waals surface area contributed by atoms with Crippen LogP contribution in [-0.2, 0) is 14.8 Å². The van der Waals surface area contributed by atoms with Crippen LogP contribution in [0.15, 0.2) is 23.1 Å². The Kier molecular flexibility index (Phi) is 6.73. The lowest BCUT2D eigenvalue weighted by atomic mass is 10.2. The van der Waals surface area contributed by atoms with Crippen LogP contribution in [0, 0.1) is 0 Å². The van der Waals surface area contributed by atoms with E-state index < -0.39 is 10.0 Å². The zero-order chi connectivity index (χ0) is 18.0. The van der Waals surface area contributed by atoms with Crippen LogP contribution in [0.25, 0.3) is 0 Å². The van der Waals surface area contributed by atoms with Crippen molar-refractivity contribution >= 4 is 28.3 Å². The summed E-state index contributed by atoms with van der Waals surface area (Å²) in [5.74, 6) is 0.959. The van der Waals surface area contributed by atoms with Gasteiger partial charge in [-0.25, -0.2) is 8.42 Å². The SMILES string of the molecule is CC(N)CC(=O)N1CCN(S(=O)(=O)c2ccc3c(c2)OCCO3)CC1.Cl. The van der Waals surface area contributed by atoms with Crippen molar-refractivity contribution in [3.63, 3.8) is 0 Å². The molecule has 1 saturated heterocycles. The van der Waals surface area contributed by atoms with Crippen molar-refractivity contribution in [2.75, 3.05) is 39.4 Å². The summed E-state index contributed by atoms with van der Waals surface area (Å²) in [7, 11) is -3.63. The summed E-state index contributed by atoms with van der Waals surface area (Å²) in [6.45, 7) is 3.90. The van der Waals surface area contributed by atoms with Gasteiger partial charge in [0.1, 0.15) is 13.2 Å². The minimum absolute atomic E-state index is 0. The number of fused-ring (bicyclic) bond motifs is 1. The monoisotopic (exact) mass is 405 g/mol. The van der Waals surface area contributed by atoms with Gasteiger partial charge in [-0.05, 0) is 19.1 Å². The predicted octanol–water partition coefficient (Wildman–Crippen LogP) is 0.450. The Balaban J connectivity index is 0.00000243. The van der Waals surface area contributed by atoms with Crippen molar-refractivity contribution in [2.45, 2.75) is 24.3 Å². The molecule has 2 aliphatic rings. The first-order chi connectivity index (χ1) is 11.9. The molecule has 1 fully saturated rings. The molecule has 0 radical (unpaired) electrons. The summed E-state index contributed by atoms with van der Waals surface area (Å²) in [5, 5.41) is 0. The van der Waals surface area contributed by atoms with Gasteiger partial charge in [-0.3, -0.25) is 4.79 Å². The van der Waals surface area contributed by atoms with Crippen LogP contribution in [0.2, 0.25) is 0 Å². The first-order valence-corrected chi connectivity index (χ1v) is 9.75. The number of sulfonamides is 1. The third kappa shape index (κ3) is 4.40. The second-order valence-electron chi connectivity index (χ2n) is 6.27. The van der Waals surface area contributed by atoms with Gasteiger partial charge in [-0.2, -0.15) is 4.31 Å². The summed E-state index contributed by atoms with van der Waals surface area (Å²) in [4.78, 5) is 13.9. The highest BCUT2D eigenvalue weighted by Gasteiger charge is 2.31. The zero-order valence-electron chi connectivity index (χ0n) is 14.6. The predicted molar refractivity (Wildman–Crippen MR) is 98.3 cm³/mol. The number of ether oxygens (including phenoxy) is 2. The number of hydrogen-bond acceptors (Lipinski definition) is 6. The lowest BCUT2D eigenvalue weighted by molar-refractivity contribution is -0.132. The van der Waals surface area contributed by atoms with Crippen molar-refractivity contribution in [3.8, 4) is 11.5 Å². The molecular formula is C16H24ClN3O5S. The number of nitrogens with two attached hydrogens (primary N) is 1. The van der Waals surface area contributed by atoms with Gasteiger partial charge in [0.15, 0.2) is 11.5 Å². The number of benzene rings is 1. The van der Waals surface area contributed by atoms with Gasteiger partial charge in [0.05, 0.1) is 4.90 Å². The van der Waals surface area contributed by atoms with Crippen LogP contribution in [0.4, 0.5) is 0 Å². The maximum absolute atomic E-state index is 12.8. The third-order valence-corrected chi connectivity index (χ3v) is 6.13. The van der Waals surface area contributed by atoms with E-state index >= 15 is 0 Å². The van der Waals surface area contributed by atoms with E-state index in [-0.39, 0.29) is 48.8 Å². The van der Waals surface area contributed by atoms with Gasteiger partial charge in [0.25, 0.3) is 0 Å². The van der Waals surface area contributed by atoms with Gasteiger partial charge in [-0.15, -0.1) is 12.4 Å². The first kappa shape index (κ1) is 20.8. The quantitative estimate of drug-likeness (QED) is 0.780. The molecule has 1 amide bonds. The number of rotatable bonds is 4. The average molecular weight is 406 g/mol. The summed E-state index contributed by atoms with van der Waals surface area (Å²) in [6.07, 6.45) is 0.273. The molecule has 1 unspecified atom stereocenters. The van der Waals surface area contributed by atoms with Crippen molar-refractivity contribution in [1.29, 1.82) is 0 Å². The van der Waals surface area contributed by atoms with Gasteiger partial charge in [-0.1, -0.05) is 0 Å². The van der Waals surface area contributed by atoms with Crippen LogP contribution in [0.1, 0.15) is 13.3 Å². The number of amides is 1. The fourth-order valence-corrected chi connectivity index (χ4v) is 4.35. The fourth-order valence-electron chi connectivity index (χ4n) is 2.92. The Morgan fingerprint density at radius 3 is 2.38 bits per heavy atom. The third-order valence-electron chi connectivity index (χ3n) is 4.24. The highest BCUT2D eigenvalue weighted by Crippen LogP contribution is 2.33. The largest absolute Gasteiger partial charge is 0.486 e. The van der Waals surface area contributed by atoms with Crippen molar-refractivity contribution in [3.05, 3.63) is 18.2 Å². The maximum atomic E-state index is 12.8. The van der Waals surface area contributed by atoms with Crippen LogP contribution < -0.4 is 15.2 Å². The molecule has 0 aromatic heterocycles. The zero-order valence-corrected chi connectivity index (χ0v) is 16.2. The maximum Gasteiger partial charge on any atom is 0.243 e. The minimum atomic E-state index is -3.63. The molecule has 2 N–H and O–H groups in total. The molecule has 10 heteroatoms. The van der Waals surface area contributed by atoms with Crippen molar-refractivity contribution < 1.29 is 22.7 Å². The van der Waals surface area contributed by atoms with Gasteiger partial charge in [0.2, 0.25) is 15.9 Å². The van der Waals surface area contributed by atoms with Crippen LogP contribution >= 0.6 is 12.4 Å². The van der Waals surface area contributed by atoms with Crippen LogP contribution in [0.3, 0.4) is 0 Å². The van der Waals surface area contributed by atoms with Crippen molar-refractivity contribution in [1.82, 2.24) is 9.21 Å². The molecule has 0 saturated carbocycles. The second kappa shape index (κ2) is 8.43.